The highest BCUT2D eigenvalue weighted by atomic mass is 32.2. The molecule has 0 amide bonds. The number of hydrogen-bond donors (Lipinski definition) is 0. The standard InChI is InChI=1S/C14H16F3NO2S/c1-11(12-7-3-2-4-8-12)13-9-5-6-10-18(13)21(19,20)14(15,16)17/h2-4,7-8,13H,1,5-6,9-10H2. The molecule has 21 heavy (non-hydrogen) atoms. The molecule has 1 aromatic carbocycles. The second kappa shape index (κ2) is 5.81. The third kappa shape index (κ3) is 3.13. The predicted molar refractivity (Wildman–Crippen MR) is 74.8 cm³/mol. The fourth-order valence-corrected chi connectivity index (χ4v) is 3.72. The van der Waals surface area contributed by atoms with Gasteiger partial charge in [-0.3, -0.25) is 0 Å². The van der Waals surface area contributed by atoms with Gasteiger partial charge in [0.15, 0.2) is 0 Å². The lowest BCUT2D eigenvalue weighted by molar-refractivity contribution is -0.0500. The minimum absolute atomic E-state index is 0.127. The van der Waals surface area contributed by atoms with Gasteiger partial charge in [0.2, 0.25) is 0 Å². The highest BCUT2D eigenvalue weighted by molar-refractivity contribution is 7.90. The lowest BCUT2D eigenvalue weighted by Gasteiger charge is -2.36. The molecule has 1 unspecified atom stereocenters. The fraction of sp³-hybridized carbons (Fsp3) is 0.429. The first-order valence-electron chi connectivity index (χ1n) is 6.57. The van der Waals surface area contributed by atoms with Gasteiger partial charge < -0.3 is 0 Å². The predicted octanol–water partition coefficient (Wildman–Crippen LogP) is 3.40. The fourth-order valence-electron chi connectivity index (χ4n) is 2.52. The summed E-state index contributed by atoms with van der Waals surface area (Å²) in [5.74, 6) is 0. The Balaban J connectivity index is 2.35. The molecule has 1 heterocycles. The van der Waals surface area contributed by atoms with Gasteiger partial charge in [0.25, 0.3) is 0 Å². The average molecular weight is 319 g/mol. The Labute approximate surface area is 122 Å². The highest BCUT2D eigenvalue weighted by Gasteiger charge is 2.52. The second-order valence-corrected chi connectivity index (χ2v) is 6.85. The number of rotatable bonds is 3. The van der Waals surface area contributed by atoms with Crippen molar-refractivity contribution in [3.8, 4) is 0 Å². The molecule has 0 radical (unpaired) electrons. The number of sulfonamides is 1. The molecule has 1 aromatic rings. The molecular formula is C14H16F3NO2S. The lowest BCUT2D eigenvalue weighted by atomic mass is 9.93. The Morgan fingerprint density at radius 3 is 2.38 bits per heavy atom. The molecule has 1 aliphatic rings. The van der Waals surface area contributed by atoms with Crippen LogP contribution in [0.3, 0.4) is 0 Å². The van der Waals surface area contributed by atoms with E-state index in [1.807, 2.05) is 0 Å². The third-order valence-corrected chi connectivity index (χ3v) is 5.24. The first kappa shape index (κ1) is 16.0. The number of halogens is 3. The van der Waals surface area contributed by atoms with Crippen LogP contribution in [0, 0.1) is 0 Å². The van der Waals surface area contributed by atoms with Crippen LogP contribution in [-0.2, 0) is 10.0 Å². The van der Waals surface area contributed by atoms with Gasteiger partial charge in [0, 0.05) is 6.54 Å². The van der Waals surface area contributed by atoms with Gasteiger partial charge in [-0.2, -0.15) is 17.5 Å². The van der Waals surface area contributed by atoms with E-state index in [-0.39, 0.29) is 6.54 Å². The van der Waals surface area contributed by atoms with E-state index in [1.54, 1.807) is 30.3 Å². The van der Waals surface area contributed by atoms with Crippen molar-refractivity contribution in [3.63, 3.8) is 0 Å². The molecule has 0 N–H and O–H groups in total. The zero-order valence-corrected chi connectivity index (χ0v) is 12.1. The largest absolute Gasteiger partial charge is 0.511 e. The van der Waals surface area contributed by atoms with Crippen LogP contribution >= 0.6 is 0 Å². The molecule has 0 bridgehead atoms. The zero-order valence-electron chi connectivity index (χ0n) is 11.3. The van der Waals surface area contributed by atoms with Crippen LogP contribution in [0.4, 0.5) is 13.2 Å². The summed E-state index contributed by atoms with van der Waals surface area (Å²) < 4.78 is 62.4. The molecule has 7 heteroatoms. The van der Waals surface area contributed by atoms with Gasteiger partial charge in [0.1, 0.15) is 0 Å². The van der Waals surface area contributed by atoms with Crippen LogP contribution in [0.25, 0.3) is 5.57 Å². The van der Waals surface area contributed by atoms with E-state index >= 15 is 0 Å². The van der Waals surface area contributed by atoms with Gasteiger partial charge in [0.05, 0.1) is 6.04 Å². The molecule has 1 fully saturated rings. The second-order valence-electron chi connectivity index (χ2n) is 4.96. The third-order valence-electron chi connectivity index (χ3n) is 3.60. The number of piperidine rings is 1. The van der Waals surface area contributed by atoms with E-state index in [0.717, 1.165) is 0 Å². The van der Waals surface area contributed by atoms with Crippen molar-refractivity contribution in [1.82, 2.24) is 4.31 Å². The summed E-state index contributed by atoms with van der Waals surface area (Å²) in [6, 6.07) is 7.86. The summed E-state index contributed by atoms with van der Waals surface area (Å²) in [6.45, 7) is 3.69. The summed E-state index contributed by atoms with van der Waals surface area (Å²) in [4.78, 5) is 0. The van der Waals surface area contributed by atoms with E-state index in [0.29, 0.717) is 34.7 Å². The normalized spacial score (nSPS) is 21.2. The van der Waals surface area contributed by atoms with E-state index in [1.165, 1.54) is 0 Å². The minimum atomic E-state index is -5.33. The van der Waals surface area contributed by atoms with Crippen molar-refractivity contribution in [2.24, 2.45) is 0 Å². The van der Waals surface area contributed by atoms with Crippen LogP contribution in [0.5, 0.6) is 0 Å². The van der Waals surface area contributed by atoms with E-state index in [4.69, 9.17) is 0 Å². The van der Waals surface area contributed by atoms with Gasteiger partial charge in [-0.25, -0.2) is 8.42 Å². The molecule has 3 nitrogen and oxygen atoms in total. The Hall–Kier alpha value is -1.34. The zero-order chi connectivity index (χ0) is 15.7. The summed E-state index contributed by atoms with van der Waals surface area (Å²) >= 11 is 0. The molecule has 0 aromatic heterocycles. The Morgan fingerprint density at radius 2 is 1.81 bits per heavy atom. The SMILES string of the molecule is C=C(c1ccccc1)C1CCCCN1S(=O)(=O)C(F)(F)F. The Kier molecular flexibility index (Phi) is 4.43. The molecule has 2 rings (SSSR count). The monoisotopic (exact) mass is 319 g/mol. The van der Waals surface area contributed by atoms with Crippen molar-refractivity contribution in [2.45, 2.75) is 30.8 Å². The summed E-state index contributed by atoms with van der Waals surface area (Å²) in [5.41, 5.74) is -4.21. The minimum Gasteiger partial charge on any atom is -0.203 e. The van der Waals surface area contributed by atoms with Crippen molar-refractivity contribution in [1.29, 1.82) is 0 Å². The highest BCUT2D eigenvalue weighted by Crippen LogP contribution is 2.36. The molecule has 1 saturated heterocycles. The molecule has 0 aliphatic carbocycles. The summed E-state index contributed by atoms with van der Waals surface area (Å²) in [7, 11) is -5.33. The van der Waals surface area contributed by atoms with Crippen molar-refractivity contribution in [3.05, 3.63) is 42.5 Å². The first-order valence-corrected chi connectivity index (χ1v) is 8.01. The maximum Gasteiger partial charge on any atom is 0.511 e. The van der Waals surface area contributed by atoms with Crippen molar-refractivity contribution < 1.29 is 21.6 Å². The van der Waals surface area contributed by atoms with Gasteiger partial charge in [-0.1, -0.05) is 43.3 Å². The van der Waals surface area contributed by atoms with Crippen molar-refractivity contribution >= 4 is 15.6 Å². The Morgan fingerprint density at radius 1 is 1.19 bits per heavy atom. The van der Waals surface area contributed by atoms with Crippen LogP contribution in [0.15, 0.2) is 36.9 Å². The molecule has 1 atom stereocenters. The van der Waals surface area contributed by atoms with Gasteiger partial charge in [-0.05, 0) is 24.0 Å². The quantitative estimate of drug-likeness (QED) is 0.856. The molecule has 0 spiro atoms. The number of alkyl halides is 3. The van der Waals surface area contributed by atoms with E-state index in [9.17, 15) is 21.6 Å². The summed E-state index contributed by atoms with van der Waals surface area (Å²) in [5, 5.41) is 0. The lowest BCUT2D eigenvalue weighted by Crippen LogP contribution is -2.49. The molecule has 116 valence electrons. The van der Waals surface area contributed by atoms with Crippen LogP contribution < -0.4 is 0 Å². The first-order chi connectivity index (χ1) is 9.75. The van der Waals surface area contributed by atoms with Crippen molar-refractivity contribution in [2.75, 3.05) is 6.54 Å². The molecule has 0 saturated carbocycles. The Bertz CT molecular complexity index is 611. The van der Waals surface area contributed by atoms with Crippen LogP contribution in [-0.4, -0.2) is 30.8 Å². The van der Waals surface area contributed by atoms with E-state index < -0.39 is 21.6 Å². The number of nitrogens with zero attached hydrogens (tertiary/aromatic N) is 1. The smallest absolute Gasteiger partial charge is 0.203 e. The van der Waals surface area contributed by atoms with Gasteiger partial charge in [-0.15, -0.1) is 0 Å². The number of hydrogen-bond acceptors (Lipinski definition) is 2. The number of benzene rings is 1. The average Bonchev–Trinajstić information content (AvgIpc) is 2.46. The summed E-state index contributed by atoms with van der Waals surface area (Å²) in [6.07, 6.45) is 1.46. The maximum absolute atomic E-state index is 12.8. The van der Waals surface area contributed by atoms with E-state index in [2.05, 4.69) is 6.58 Å². The molecular weight excluding hydrogens is 303 g/mol. The van der Waals surface area contributed by atoms with Gasteiger partial charge >= 0.3 is 15.5 Å². The topological polar surface area (TPSA) is 37.4 Å². The van der Waals surface area contributed by atoms with Crippen LogP contribution in [0.1, 0.15) is 24.8 Å². The maximum atomic E-state index is 12.8. The molecule has 1 aliphatic heterocycles. The van der Waals surface area contributed by atoms with Crippen LogP contribution in [0.2, 0.25) is 0 Å².